The Morgan fingerprint density at radius 2 is 2.14 bits per heavy atom. The van der Waals surface area contributed by atoms with Crippen LogP contribution in [0, 0.1) is 6.92 Å². The number of carbonyl (C=O) groups excluding carboxylic acids is 1. The molecule has 0 bridgehead atoms. The van der Waals surface area contributed by atoms with Gasteiger partial charge in [-0.15, -0.1) is 0 Å². The number of amides is 1. The number of aryl methyl sites for hydroxylation is 1. The number of ether oxygens (including phenoxy) is 1. The number of hydrogen-bond donors (Lipinski definition) is 2. The van der Waals surface area contributed by atoms with Gasteiger partial charge in [0, 0.05) is 30.0 Å². The Bertz CT molecular complexity index is 662. The van der Waals surface area contributed by atoms with Gasteiger partial charge in [0.05, 0.1) is 24.1 Å². The highest BCUT2D eigenvalue weighted by Crippen LogP contribution is 2.23. The molecule has 2 aromatic rings. The average molecular weight is 364 g/mol. The van der Waals surface area contributed by atoms with E-state index in [1.54, 1.807) is 25.6 Å². The van der Waals surface area contributed by atoms with Crippen molar-refractivity contribution in [2.75, 3.05) is 25.6 Å². The molecule has 0 radical (unpaired) electrons. The van der Waals surface area contributed by atoms with Crippen LogP contribution in [0.5, 0.6) is 0 Å². The van der Waals surface area contributed by atoms with Gasteiger partial charge in [0.15, 0.2) is 0 Å². The molecule has 2 N–H and O–H groups in total. The Morgan fingerprint density at radius 3 is 2.86 bits per heavy atom. The molecule has 2 rings (SSSR count). The van der Waals surface area contributed by atoms with Gasteiger partial charge in [-0.3, -0.25) is 9.78 Å². The van der Waals surface area contributed by atoms with Crippen LogP contribution in [-0.2, 0) is 4.74 Å². The predicted octanol–water partition coefficient (Wildman–Crippen LogP) is 3.27. The van der Waals surface area contributed by atoms with Gasteiger partial charge in [0.2, 0.25) is 0 Å². The summed E-state index contributed by atoms with van der Waals surface area (Å²) >= 11 is 3.44. The number of benzene rings is 1. The van der Waals surface area contributed by atoms with E-state index in [0.717, 1.165) is 21.4 Å². The summed E-state index contributed by atoms with van der Waals surface area (Å²) in [5.41, 5.74) is 3.35. The van der Waals surface area contributed by atoms with Crippen molar-refractivity contribution in [1.29, 1.82) is 0 Å². The van der Waals surface area contributed by atoms with Crippen molar-refractivity contribution in [3.05, 3.63) is 52.3 Å². The molecule has 0 spiro atoms. The van der Waals surface area contributed by atoms with Gasteiger partial charge in [-0.2, -0.15) is 0 Å². The van der Waals surface area contributed by atoms with E-state index in [9.17, 15) is 4.79 Å². The summed E-state index contributed by atoms with van der Waals surface area (Å²) in [6.07, 6.45) is 3.23. The Balaban J connectivity index is 2.09. The van der Waals surface area contributed by atoms with Crippen molar-refractivity contribution in [1.82, 2.24) is 10.3 Å². The van der Waals surface area contributed by atoms with Gasteiger partial charge in [-0.05, 0) is 36.8 Å². The molecule has 0 fully saturated rings. The van der Waals surface area contributed by atoms with Crippen LogP contribution in [-0.4, -0.2) is 31.2 Å². The molecule has 6 heteroatoms. The fraction of sp³-hybridized carbons (Fsp3) is 0.250. The molecule has 0 aliphatic carbocycles. The summed E-state index contributed by atoms with van der Waals surface area (Å²) in [4.78, 5) is 16.1. The quantitative estimate of drug-likeness (QED) is 0.773. The second-order valence-electron chi connectivity index (χ2n) is 4.80. The zero-order valence-corrected chi connectivity index (χ0v) is 14.1. The van der Waals surface area contributed by atoms with Crippen LogP contribution >= 0.6 is 15.9 Å². The number of aromatic nitrogens is 1. The zero-order valence-electron chi connectivity index (χ0n) is 12.5. The minimum atomic E-state index is -0.166. The largest absolute Gasteiger partial charge is 0.383 e. The van der Waals surface area contributed by atoms with Crippen LogP contribution in [0.3, 0.4) is 0 Å². The monoisotopic (exact) mass is 363 g/mol. The summed E-state index contributed by atoms with van der Waals surface area (Å²) in [5, 5.41) is 6.05. The van der Waals surface area contributed by atoms with Crippen LogP contribution in [0.25, 0.3) is 0 Å². The van der Waals surface area contributed by atoms with Crippen molar-refractivity contribution in [3.8, 4) is 0 Å². The molecule has 116 valence electrons. The molecule has 0 atom stereocenters. The number of halogens is 1. The summed E-state index contributed by atoms with van der Waals surface area (Å²) in [5.74, 6) is -0.166. The highest BCUT2D eigenvalue weighted by molar-refractivity contribution is 9.10. The smallest absolute Gasteiger partial charge is 0.253 e. The third kappa shape index (κ3) is 4.54. The number of nitrogens with zero attached hydrogens (tertiary/aromatic N) is 1. The lowest BCUT2D eigenvalue weighted by molar-refractivity contribution is 0.0937. The minimum absolute atomic E-state index is 0.166. The summed E-state index contributed by atoms with van der Waals surface area (Å²) in [6, 6.07) is 7.74. The first-order valence-corrected chi connectivity index (χ1v) is 7.65. The van der Waals surface area contributed by atoms with E-state index in [4.69, 9.17) is 4.74 Å². The van der Waals surface area contributed by atoms with E-state index in [0.29, 0.717) is 18.7 Å². The molecule has 22 heavy (non-hydrogen) atoms. The number of hydrogen-bond acceptors (Lipinski definition) is 4. The summed E-state index contributed by atoms with van der Waals surface area (Å²) in [6.45, 7) is 2.97. The van der Waals surface area contributed by atoms with E-state index in [1.807, 2.05) is 25.1 Å². The van der Waals surface area contributed by atoms with Crippen LogP contribution in [0.1, 0.15) is 15.9 Å². The first kappa shape index (κ1) is 16.5. The SMILES string of the molecule is COCCNC(=O)c1cncc(Nc2ccc(Br)cc2C)c1. The maximum atomic E-state index is 12.0. The Morgan fingerprint density at radius 1 is 1.32 bits per heavy atom. The topological polar surface area (TPSA) is 63.2 Å². The van der Waals surface area contributed by atoms with Gasteiger partial charge in [-0.1, -0.05) is 15.9 Å². The molecule has 1 heterocycles. The normalized spacial score (nSPS) is 10.3. The molecule has 0 saturated carbocycles. The van der Waals surface area contributed by atoms with E-state index >= 15 is 0 Å². The van der Waals surface area contributed by atoms with Crippen molar-refractivity contribution < 1.29 is 9.53 Å². The van der Waals surface area contributed by atoms with Crippen molar-refractivity contribution in [2.45, 2.75) is 6.92 Å². The second kappa shape index (κ2) is 7.91. The standard InChI is InChI=1S/C16H18BrN3O2/c1-11-7-13(17)3-4-15(11)20-14-8-12(9-18-10-14)16(21)19-5-6-22-2/h3-4,7-10,20H,5-6H2,1-2H3,(H,19,21). The third-order valence-electron chi connectivity index (χ3n) is 3.06. The number of nitrogens with one attached hydrogen (secondary N) is 2. The fourth-order valence-corrected chi connectivity index (χ4v) is 2.40. The first-order valence-electron chi connectivity index (χ1n) is 6.85. The first-order chi connectivity index (χ1) is 10.6. The molecule has 0 saturated heterocycles. The Kier molecular flexibility index (Phi) is 5.91. The molecule has 0 aliphatic rings. The molecule has 0 unspecified atom stereocenters. The molecule has 5 nitrogen and oxygen atoms in total. The summed E-state index contributed by atoms with van der Waals surface area (Å²) < 4.78 is 5.93. The molecule has 1 aromatic heterocycles. The predicted molar refractivity (Wildman–Crippen MR) is 90.6 cm³/mol. The summed E-state index contributed by atoms with van der Waals surface area (Å²) in [7, 11) is 1.60. The minimum Gasteiger partial charge on any atom is -0.383 e. The van der Waals surface area contributed by atoms with Gasteiger partial charge in [-0.25, -0.2) is 0 Å². The number of carbonyl (C=O) groups is 1. The number of rotatable bonds is 6. The Labute approximate surface area is 138 Å². The maximum absolute atomic E-state index is 12.0. The van der Waals surface area contributed by atoms with Gasteiger partial charge in [0.1, 0.15) is 0 Å². The van der Waals surface area contributed by atoms with E-state index < -0.39 is 0 Å². The van der Waals surface area contributed by atoms with Crippen molar-refractivity contribution >= 4 is 33.2 Å². The highest BCUT2D eigenvalue weighted by Gasteiger charge is 2.07. The average Bonchev–Trinajstić information content (AvgIpc) is 2.50. The van der Waals surface area contributed by atoms with Crippen LogP contribution in [0.15, 0.2) is 41.1 Å². The lowest BCUT2D eigenvalue weighted by Crippen LogP contribution is -2.27. The lowest BCUT2D eigenvalue weighted by atomic mass is 10.2. The molecular weight excluding hydrogens is 346 g/mol. The van der Waals surface area contributed by atoms with Crippen LogP contribution < -0.4 is 10.6 Å². The van der Waals surface area contributed by atoms with Crippen LogP contribution in [0.4, 0.5) is 11.4 Å². The molecule has 0 aliphatic heterocycles. The molecule has 1 aromatic carbocycles. The molecule has 1 amide bonds. The van der Waals surface area contributed by atoms with Gasteiger partial charge < -0.3 is 15.4 Å². The third-order valence-corrected chi connectivity index (χ3v) is 3.55. The molecular formula is C16H18BrN3O2. The zero-order chi connectivity index (χ0) is 15.9. The van der Waals surface area contributed by atoms with Crippen molar-refractivity contribution in [2.24, 2.45) is 0 Å². The second-order valence-corrected chi connectivity index (χ2v) is 5.71. The maximum Gasteiger partial charge on any atom is 0.253 e. The van der Waals surface area contributed by atoms with E-state index in [1.165, 1.54) is 0 Å². The number of pyridine rings is 1. The lowest BCUT2D eigenvalue weighted by Gasteiger charge is -2.11. The number of anilines is 2. The highest BCUT2D eigenvalue weighted by atomic mass is 79.9. The number of methoxy groups -OCH3 is 1. The van der Waals surface area contributed by atoms with E-state index in [2.05, 4.69) is 31.5 Å². The van der Waals surface area contributed by atoms with E-state index in [-0.39, 0.29) is 5.91 Å². The van der Waals surface area contributed by atoms with Gasteiger partial charge >= 0.3 is 0 Å². The van der Waals surface area contributed by atoms with Gasteiger partial charge in [0.25, 0.3) is 5.91 Å². The van der Waals surface area contributed by atoms with Crippen LogP contribution in [0.2, 0.25) is 0 Å². The van der Waals surface area contributed by atoms with Crippen molar-refractivity contribution in [3.63, 3.8) is 0 Å². The fourth-order valence-electron chi connectivity index (χ4n) is 1.92. The Hall–Kier alpha value is -1.92.